The molecule has 1 aromatic heterocycles. The van der Waals surface area contributed by atoms with Crippen LogP contribution in [-0.2, 0) is 16.0 Å². The van der Waals surface area contributed by atoms with E-state index in [2.05, 4.69) is 10.2 Å². The van der Waals surface area contributed by atoms with Gasteiger partial charge in [-0.2, -0.15) is 0 Å². The number of methoxy groups -OCH3 is 3. The second-order valence-corrected chi connectivity index (χ2v) is 6.60. The molecule has 8 nitrogen and oxygen atoms in total. The Morgan fingerprint density at radius 1 is 1.19 bits per heavy atom. The fourth-order valence-electron chi connectivity index (χ4n) is 3.79. The van der Waals surface area contributed by atoms with Gasteiger partial charge in [0.2, 0.25) is 0 Å². The van der Waals surface area contributed by atoms with Gasteiger partial charge in [-0.1, -0.05) is 6.07 Å². The number of ether oxygens (including phenoxy) is 3. The molecule has 1 aliphatic rings. The number of H-pyrrole nitrogens is 2. The van der Waals surface area contributed by atoms with Crippen molar-refractivity contribution < 1.29 is 24.1 Å². The van der Waals surface area contributed by atoms with Crippen LogP contribution in [0.1, 0.15) is 29.7 Å². The molecule has 0 radical (unpaired) electrons. The van der Waals surface area contributed by atoms with E-state index in [-0.39, 0.29) is 12.0 Å². The van der Waals surface area contributed by atoms with Crippen LogP contribution >= 0.6 is 0 Å². The predicted octanol–water partition coefficient (Wildman–Crippen LogP) is 0.948. The summed E-state index contributed by atoms with van der Waals surface area (Å²) in [7, 11) is 4.29. The first kappa shape index (κ1) is 18.1. The first-order chi connectivity index (χ1) is 12.3. The van der Waals surface area contributed by atoms with Gasteiger partial charge in [-0.15, -0.1) is 0 Å². The van der Waals surface area contributed by atoms with Gasteiger partial charge in [-0.25, -0.2) is 0 Å². The van der Waals surface area contributed by atoms with Crippen molar-refractivity contribution in [1.82, 2.24) is 10.2 Å². The summed E-state index contributed by atoms with van der Waals surface area (Å²) >= 11 is 0. The normalized spacial score (nSPS) is 24.7. The van der Waals surface area contributed by atoms with E-state index in [9.17, 15) is 14.7 Å². The molecular formula is C18H22N2O6. The fourth-order valence-corrected chi connectivity index (χ4v) is 3.79. The van der Waals surface area contributed by atoms with Crippen molar-refractivity contribution in [2.24, 2.45) is 5.92 Å². The van der Waals surface area contributed by atoms with E-state index in [1.807, 2.05) is 0 Å². The van der Waals surface area contributed by atoms with E-state index in [4.69, 9.17) is 14.2 Å². The average Bonchev–Trinajstić information content (AvgIpc) is 2.98. The largest absolute Gasteiger partial charge is 0.493 e. The number of aliphatic hydroxyl groups is 1. The van der Waals surface area contributed by atoms with E-state index in [0.29, 0.717) is 28.3 Å². The zero-order valence-corrected chi connectivity index (χ0v) is 15.1. The van der Waals surface area contributed by atoms with Crippen molar-refractivity contribution in [3.05, 3.63) is 45.4 Å². The maximum atomic E-state index is 12.5. The molecule has 8 heteroatoms. The molecule has 3 rings (SSSR count). The molecule has 140 valence electrons. The zero-order chi connectivity index (χ0) is 19.1. The standard InChI is InChI=1S/C18H22N2O6/c1-18(23)8-10-14(16(21)20-19-10)13(15(18)17(22)26-4)9-5-6-11(24-2)12(7-9)25-3/h5-7,13,15,23H,8H2,1-4H3,(H2,19,20,21). The van der Waals surface area contributed by atoms with Gasteiger partial charge in [0.25, 0.3) is 5.56 Å². The summed E-state index contributed by atoms with van der Waals surface area (Å²) in [6.45, 7) is 1.57. The number of benzene rings is 1. The minimum atomic E-state index is -1.40. The lowest BCUT2D eigenvalue weighted by Gasteiger charge is -2.40. The van der Waals surface area contributed by atoms with Gasteiger partial charge in [0, 0.05) is 23.6 Å². The van der Waals surface area contributed by atoms with Crippen LogP contribution < -0.4 is 15.0 Å². The Morgan fingerprint density at radius 2 is 1.88 bits per heavy atom. The summed E-state index contributed by atoms with van der Waals surface area (Å²) in [4.78, 5) is 24.9. The summed E-state index contributed by atoms with van der Waals surface area (Å²) in [5.41, 5.74) is -0.101. The second kappa shape index (κ2) is 6.53. The van der Waals surface area contributed by atoms with Crippen LogP contribution in [0.25, 0.3) is 0 Å². The summed E-state index contributed by atoms with van der Waals surface area (Å²) in [6.07, 6.45) is 0.130. The van der Waals surface area contributed by atoms with Gasteiger partial charge in [0.1, 0.15) is 0 Å². The lowest BCUT2D eigenvalue weighted by molar-refractivity contribution is -0.156. The molecule has 0 amide bonds. The Kier molecular flexibility index (Phi) is 4.53. The van der Waals surface area contributed by atoms with Gasteiger partial charge in [-0.3, -0.25) is 14.7 Å². The van der Waals surface area contributed by atoms with Crippen molar-refractivity contribution in [2.75, 3.05) is 21.3 Å². The maximum Gasteiger partial charge on any atom is 0.312 e. The third-order valence-corrected chi connectivity index (χ3v) is 4.97. The Balaban J connectivity index is 2.25. The number of nitrogens with one attached hydrogen (secondary N) is 2. The van der Waals surface area contributed by atoms with Crippen molar-refractivity contribution in [3.8, 4) is 11.5 Å². The lowest BCUT2D eigenvalue weighted by Crippen LogP contribution is -2.49. The molecule has 1 aromatic carbocycles. The molecule has 3 unspecified atom stereocenters. The van der Waals surface area contributed by atoms with E-state index in [0.717, 1.165) is 0 Å². The van der Waals surface area contributed by atoms with Gasteiger partial charge in [0.05, 0.1) is 32.8 Å². The first-order valence-electron chi connectivity index (χ1n) is 8.15. The maximum absolute atomic E-state index is 12.5. The molecular weight excluding hydrogens is 340 g/mol. The monoisotopic (exact) mass is 362 g/mol. The predicted molar refractivity (Wildman–Crippen MR) is 92.6 cm³/mol. The van der Waals surface area contributed by atoms with E-state index in [1.165, 1.54) is 21.3 Å². The minimum absolute atomic E-state index is 0.130. The molecule has 0 aliphatic heterocycles. The molecule has 1 aliphatic carbocycles. The number of aromatic amines is 2. The Hall–Kier alpha value is -2.74. The van der Waals surface area contributed by atoms with Gasteiger partial charge in [0.15, 0.2) is 11.5 Å². The van der Waals surface area contributed by atoms with Crippen molar-refractivity contribution in [3.63, 3.8) is 0 Å². The van der Waals surface area contributed by atoms with Crippen molar-refractivity contribution >= 4 is 5.97 Å². The number of carbonyl (C=O) groups is 1. The Morgan fingerprint density at radius 3 is 2.50 bits per heavy atom. The smallest absolute Gasteiger partial charge is 0.312 e. The van der Waals surface area contributed by atoms with Crippen LogP contribution in [0, 0.1) is 5.92 Å². The highest BCUT2D eigenvalue weighted by molar-refractivity contribution is 5.77. The van der Waals surface area contributed by atoms with Gasteiger partial charge < -0.3 is 24.4 Å². The highest BCUT2D eigenvalue weighted by atomic mass is 16.5. The Labute approximate surface area is 150 Å². The summed E-state index contributed by atoms with van der Waals surface area (Å²) in [6, 6.07) is 5.16. The molecule has 0 fully saturated rings. The van der Waals surface area contributed by atoms with E-state index >= 15 is 0 Å². The third-order valence-electron chi connectivity index (χ3n) is 4.97. The average molecular weight is 362 g/mol. The fraction of sp³-hybridized carbons (Fsp3) is 0.444. The first-order valence-corrected chi connectivity index (χ1v) is 8.15. The highest BCUT2D eigenvalue weighted by Gasteiger charge is 2.51. The number of hydrogen-bond donors (Lipinski definition) is 3. The van der Waals surface area contributed by atoms with Gasteiger partial charge >= 0.3 is 5.97 Å². The number of aromatic nitrogens is 2. The van der Waals surface area contributed by atoms with Crippen molar-refractivity contribution in [2.45, 2.75) is 24.9 Å². The second-order valence-electron chi connectivity index (χ2n) is 6.60. The van der Waals surface area contributed by atoms with E-state index < -0.39 is 23.4 Å². The van der Waals surface area contributed by atoms with Crippen LogP contribution in [0.5, 0.6) is 11.5 Å². The molecule has 2 aromatic rings. The van der Waals surface area contributed by atoms with Crippen LogP contribution in [0.15, 0.2) is 23.0 Å². The molecule has 1 heterocycles. The number of carbonyl (C=O) groups excluding carboxylic acids is 1. The van der Waals surface area contributed by atoms with E-state index in [1.54, 1.807) is 25.1 Å². The quantitative estimate of drug-likeness (QED) is 0.698. The minimum Gasteiger partial charge on any atom is -0.493 e. The highest BCUT2D eigenvalue weighted by Crippen LogP contribution is 2.45. The number of rotatable bonds is 4. The Bertz CT molecular complexity index is 882. The number of esters is 1. The zero-order valence-electron chi connectivity index (χ0n) is 15.1. The number of hydrogen-bond acceptors (Lipinski definition) is 6. The summed E-state index contributed by atoms with van der Waals surface area (Å²) in [5, 5.41) is 16.3. The topological polar surface area (TPSA) is 114 Å². The summed E-state index contributed by atoms with van der Waals surface area (Å²) < 4.78 is 15.5. The molecule has 0 saturated carbocycles. The SMILES string of the molecule is COC(=O)C1C(c2ccc(OC)c(OC)c2)c2c([nH][nH]c2=O)CC1(C)O. The molecule has 3 atom stereocenters. The van der Waals surface area contributed by atoms with Crippen LogP contribution in [0.4, 0.5) is 0 Å². The summed E-state index contributed by atoms with van der Waals surface area (Å²) in [5.74, 6) is -1.24. The third kappa shape index (κ3) is 2.76. The molecule has 26 heavy (non-hydrogen) atoms. The van der Waals surface area contributed by atoms with Crippen LogP contribution in [-0.4, -0.2) is 48.2 Å². The van der Waals surface area contributed by atoms with Crippen molar-refractivity contribution in [1.29, 1.82) is 0 Å². The number of fused-ring (bicyclic) bond motifs is 1. The molecule has 0 bridgehead atoms. The molecule has 0 saturated heterocycles. The lowest BCUT2D eigenvalue weighted by atomic mass is 9.66. The molecule has 3 N–H and O–H groups in total. The van der Waals surface area contributed by atoms with Gasteiger partial charge in [-0.05, 0) is 24.6 Å². The molecule has 0 spiro atoms. The van der Waals surface area contributed by atoms with Crippen LogP contribution in [0.3, 0.4) is 0 Å². The van der Waals surface area contributed by atoms with Crippen LogP contribution in [0.2, 0.25) is 0 Å².